The number of amides is 2. The van der Waals surface area contributed by atoms with Crippen molar-refractivity contribution in [2.24, 2.45) is 0 Å². The van der Waals surface area contributed by atoms with Crippen molar-refractivity contribution in [1.82, 2.24) is 10.2 Å². The van der Waals surface area contributed by atoms with Crippen molar-refractivity contribution in [2.45, 2.75) is 39.8 Å². The second kappa shape index (κ2) is 11.0. The lowest BCUT2D eigenvalue weighted by atomic mass is 10.1. The molecule has 7 heteroatoms. The number of aryl methyl sites for hydroxylation is 1. The molecule has 0 radical (unpaired) electrons. The Hall–Kier alpha value is -2.41. The summed E-state index contributed by atoms with van der Waals surface area (Å²) in [6.45, 7) is 5.63. The molecule has 0 fully saturated rings. The minimum absolute atomic E-state index is 0.0247. The van der Waals surface area contributed by atoms with E-state index in [4.69, 9.17) is 4.74 Å². The molecule has 29 heavy (non-hydrogen) atoms. The lowest BCUT2D eigenvalue weighted by molar-refractivity contribution is -0.142. The summed E-state index contributed by atoms with van der Waals surface area (Å²) in [6.07, 6.45) is 0.887. The highest BCUT2D eigenvalue weighted by atomic mass is 79.9. The number of carbonyl (C=O) groups excluding carboxylic acids is 2. The first-order valence-corrected chi connectivity index (χ1v) is 10.4. The average Bonchev–Trinajstić information content (AvgIpc) is 2.71. The molecule has 1 N–H and O–H groups in total. The van der Waals surface area contributed by atoms with Crippen molar-refractivity contribution in [3.63, 3.8) is 0 Å². The second-order valence-electron chi connectivity index (χ2n) is 6.59. The Morgan fingerprint density at radius 2 is 1.93 bits per heavy atom. The van der Waals surface area contributed by atoms with E-state index < -0.39 is 17.8 Å². The van der Waals surface area contributed by atoms with Crippen molar-refractivity contribution >= 4 is 27.7 Å². The van der Waals surface area contributed by atoms with Gasteiger partial charge in [-0.3, -0.25) is 9.59 Å². The number of ether oxygens (including phenoxy) is 1. The molecule has 0 heterocycles. The van der Waals surface area contributed by atoms with Gasteiger partial charge in [0.15, 0.2) is 6.61 Å². The summed E-state index contributed by atoms with van der Waals surface area (Å²) >= 11 is 3.45. The van der Waals surface area contributed by atoms with Crippen molar-refractivity contribution in [3.8, 4) is 5.75 Å². The predicted molar refractivity (Wildman–Crippen MR) is 114 cm³/mol. The summed E-state index contributed by atoms with van der Waals surface area (Å²) in [5, 5.41) is 2.70. The van der Waals surface area contributed by atoms with Gasteiger partial charge < -0.3 is 15.0 Å². The van der Waals surface area contributed by atoms with Gasteiger partial charge in [0.05, 0.1) is 4.47 Å². The molecule has 2 amide bonds. The molecule has 2 aromatic rings. The highest BCUT2D eigenvalue weighted by Gasteiger charge is 2.27. The Labute approximate surface area is 179 Å². The maximum absolute atomic E-state index is 14.1. The average molecular weight is 465 g/mol. The van der Waals surface area contributed by atoms with Gasteiger partial charge in [0, 0.05) is 18.7 Å². The number of hydrogen-bond acceptors (Lipinski definition) is 3. The molecule has 0 spiro atoms. The zero-order valence-electron chi connectivity index (χ0n) is 16.9. The van der Waals surface area contributed by atoms with E-state index in [1.165, 1.54) is 11.0 Å². The van der Waals surface area contributed by atoms with Gasteiger partial charge in [-0.1, -0.05) is 31.2 Å². The molecule has 156 valence electrons. The van der Waals surface area contributed by atoms with E-state index in [1.54, 1.807) is 38.1 Å². The summed E-state index contributed by atoms with van der Waals surface area (Å²) in [5.41, 5.74) is 1.48. The highest BCUT2D eigenvalue weighted by Crippen LogP contribution is 2.26. The second-order valence-corrected chi connectivity index (χ2v) is 7.44. The molecule has 2 rings (SSSR count). The molecule has 1 atom stereocenters. The minimum atomic E-state index is -0.767. The fourth-order valence-corrected chi connectivity index (χ4v) is 3.36. The SMILES string of the molecule is CCNC(=O)[C@H](C)N(Cc1ccccc1F)C(=O)COc1ccc(CC)cc1Br. The van der Waals surface area contributed by atoms with Gasteiger partial charge in [-0.2, -0.15) is 0 Å². The van der Waals surface area contributed by atoms with E-state index in [-0.39, 0.29) is 19.1 Å². The monoisotopic (exact) mass is 464 g/mol. The smallest absolute Gasteiger partial charge is 0.261 e. The molecule has 0 saturated heterocycles. The van der Waals surface area contributed by atoms with Crippen molar-refractivity contribution in [3.05, 3.63) is 63.9 Å². The molecular weight excluding hydrogens is 439 g/mol. The maximum atomic E-state index is 14.1. The van der Waals surface area contributed by atoms with Crippen LogP contribution in [0, 0.1) is 5.82 Å². The van der Waals surface area contributed by atoms with Gasteiger partial charge in [-0.15, -0.1) is 0 Å². The van der Waals surface area contributed by atoms with E-state index in [9.17, 15) is 14.0 Å². The summed E-state index contributed by atoms with van der Waals surface area (Å²) in [6, 6.07) is 11.1. The van der Waals surface area contributed by atoms with Crippen LogP contribution in [-0.4, -0.2) is 35.9 Å². The lowest BCUT2D eigenvalue weighted by Gasteiger charge is -2.28. The van der Waals surface area contributed by atoms with Crippen LogP contribution in [0.3, 0.4) is 0 Å². The van der Waals surface area contributed by atoms with Gasteiger partial charge in [0.2, 0.25) is 5.91 Å². The minimum Gasteiger partial charge on any atom is -0.483 e. The fraction of sp³-hybridized carbons (Fsp3) is 0.364. The van der Waals surface area contributed by atoms with Gasteiger partial charge in [0.1, 0.15) is 17.6 Å². The van der Waals surface area contributed by atoms with Gasteiger partial charge in [0.25, 0.3) is 5.91 Å². The van der Waals surface area contributed by atoms with Crippen LogP contribution in [0.15, 0.2) is 46.9 Å². The molecule has 0 aliphatic carbocycles. The first-order chi connectivity index (χ1) is 13.9. The number of nitrogens with zero attached hydrogens (tertiary/aromatic N) is 1. The van der Waals surface area contributed by atoms with Crippen LogP contribution in [0.25, 0.3) is 0 Å². The molecule has 0 aliphatic heterocycles. The number of nitrogens with one attached hydrogen (secondary N) is 1. The lowest BCUT2D eigenvalue weighted by Crippen LogP contribution is -2.49. The Balaban J connectivity index is 2.17. The van der Waals surface area contributed by atoms with E-state index in [1.807, 2.05) is 12.1 Å². The number of benzene rings is 2. The van der Waals surface area contributed by atoms with Crippen molar-refractivity contribution in [2.75, 3.05) is 13.2 Å². The molecule has 0 bridgehead atoms. The molecule has 0 aliphatic rings. The van der Waals surface area contributed by atoms with E-state index in [2.05, 4.69) is 28.2 Å². The van der Waals surface area contributed by atoms with E-state index >= 15 is 0 Å². The molecular formula is C22H26BrFN2O3. The van der Waals surface area contributed by atoms with E-state index in [0.717, 1.165) is 16.5 Å². The third kappa shape index (κ3) is 6.29. The zero-order valence-corrected chi connectivity index (χ0v) is 18.5. The summed E-state index contributed by atoms with van der Waals surface area (Å²) < 4.78 is 20.6. The number of hydrogen-bond donors (Lipinski definition) is 1. The van der Waals surface area contributed by atoms with Crippen LogP contribution in [0.4, 0.5) is 4.39 Å². The van der Waals surface area contributed by atoms with Gasteiger partial charge in [-0.25, -0.2) is 4.39 Å². The molecule has 2 aromatic carbocycles. The Morgan fingerprint density at radius 1 is 1.21 bits per heavy atom. The number of carbonyl (C=O) groups is 2. The van der Waals surface area contributed by atoms with Crippen LogP contribution in [0.5, 0.6) is 5.75 Å². The Bertz CT molecular complexity index is 860. The first-order valence-electron chi connectivity index (χ1n) is 9.59. The zero-order chi connectivity index (χ0) is 21.4. The molecule has 5 nitrogen and oxygen atoms in total. The van der Waals surface area contributed by atoms with Crippen molar-refractivity contribution in [1.29, 1.82) is 0 Å². The third-order valence-corrected chi connectivity index (χ3v) is 5.19. The van der Waals surface area contributed by atoms with E-state index in [0.29, 0.717) is 17.9 Å². The highest BCUT2D eigenvalue weighted by molar-refractivity contribution is 9.10. The number of likely N-dealkylation sites (N-methyl/N-ethyl adjacent to an activating group) is 1. The topological polar surface area (TPSA) is 58.6 Å². The number of rotatable bonds is 9. The van der Waals surface area contributed by atoms with Crippen LogP contribution >= 0.6 is 15.9 Å². The largest absolute Gasteiger partial charge is 0.483 e. The molecule has 0 saturated carbocycles. The fourth-order valence-electron chi connectivity index (χ4n) is 2.82. The van der Waals surface area contributed by atoms with Crippen LogP contribution in [-0.2, 0) is 22.6 Å². The van der Waals surface area contributed by atoms with Gasteiger partial charge in [-0.05, 0) is 60.0 Å². The summed E-state index contributed by atoms with van der Waals surface area (Å²) in [4.78, 5) is 26.5. The Morgan fingerprint density at radius 3 is 2.55 bits per heavy atom. The Kier molecular flexibility index (Phi) is 8.64. The molecule has 0 unspecified atom stereocenters. The summed E-state index contributed by atoms with van der Waals surface area (Å²) in [7, 11) is 0. The van der Waals surface area contributed by atoms with Gasteiger partial charge >= 0.3 is 0 Å². The molecule has 0 aromatic heterocycles. The van der Waals surface area contributed by atoms with Crippen LogP contribution in [0.2, 0.25) is 0 Å². The van der Waals surface area contributed by atoms with Crippen LogP contribution in [0.1, 0.15) is 31.9 Å². The predicted octanol–water partition coefficient (Wildman–Crippen LogP) is 4.08. The normalized spacial score (nSPS) is 11.6. The maximum Gasteiger partial charge on any atom is 0.261 e. The third-order valence-electron chi connectivity index (χ3n) is 4.57. The van der Waals surface area contributed by atoms with Crippen molar-refractivity contribution < 1.29 is 18.7 Å². The standard InChI is InChI=1S/C22H26BrFN2O3/c1-4-16-10-11-20(18(23)12-16)29-14-21(27)26(15(3)22(28)25-5-2)13-17-8-6-7-9-19(17)24/h6-12,15H,4-5,13-14H2,1-3H3,(H,25,28)/t15-/m0/s1. The number of halogens is 2. The first kappa shape index (κ1) is 22.9. The van der Waals surface area contributed by atoms with Crippen LogP contribution < -0.4 is 10.1 Å². The quantitative estimate of drug-likeness (QED) is 0.607. The summed E-state index contributed by atoms with van der Waals surface area (Å²) in [5.74, 6) is -0.594.